The van der Waals surface area contributed by atoms with Gasteiger partial charge in [-0.1, -0.05) is 6.42 Å². The summed E-state index contributed by atoms with van der Waals surface area (Å²) in [5.41, 5.74) is 4.95. The number of carbonyl (C=O) groups excluding carboxylic acids is 1. The molecule has 0 unspecified atom stereocenters. The zero-order valence-electron chi connectivity index (χ0n) is 10.9. The van der Waals surface area contributed by atoms with E-state index in [1.54, 1.807) is 6.07 Å². The molecular formula is C13H17N5O. The van der Waals surface area contributed by atoms with Crippen LogP contribution in [0.5, 0.6) is 0 Å². The topological polar surface area (TPSA) is 85.8 Å². The molecule has 1 aliphatic heterocycles. The SMILES string of the molecule is Cc1cc(C(=O)NN)c2nc3n(c2n1)CCCCC3. The summed E-state index contributed by atoms with van der Waals surface area (Å²) in [6.07, 6.45) is 4.43. The fraction of sp³-hybridized carbons (Fsp3) is 0.462. The zero-order valence-corrected chi connectivity index (χ0v) is 10.9. The number of aromatic nitrogens is 3. The summed E-state index contributed by atoms with van der Waals surface area (Å²) >= 11 is 0. The zero-order chi connectivity index (χ0) is 13.4. The van der Waals surface area contributed by atoms with E-state index in [1.165, 1.54) is 6.42 Å². The molecule has 3 N–H and O–H groups in total. The maximum atomic E-state index is 11.8. The van der Waals surface area contributed by atoms with Gasteiger partial charge in [-0.15, -0.1) is 0 Å². The van der Waals surface area contributed by atoms with Crippen LogP contribution in [0, 0.1) is 6.92 Å². The summed E-state index contributed by atoms with van der Waals surface area (Å²) in [5, 5.41) is 0. The van der Waals surface area contributed by atoms with Gasteiger partial charge >= 0.3 is 0 Å². The van der Waals surface area contributed by atoms with Crippen molar-refractivity contribution in [2.24, 2.45) is 5.84 Å². The number of fused-ring (bicyclic) bond motifs is 3. The van der Waals surface area contributed by atoms with Crippen molar-refractivity contribution in [3.63, 3.8) is 0 Å². The largest absolute Gasteiger partial charge is 0.313 e. The van der Waals surface area contributed by atoms with E-state index in [2.05, 4.69) is 20.0 Å². The third-order valence-electron chi connectivity index (χ3n) is 3.57. The molecule has 3 rings (SSSR count). The van der Waals surface area contributed by atoms with Crippen LogP contribution >= 0.6 is 0 Å². The second-order valence-electron chi connectivity index (χ2n) is 4.95. The minimum absolute atomic E-state index is 0.316. The molecule has 2 aromatic rings. The lowest BCUT2D eigenvalue weighted by Crippen LogP contribution is -2.30. The van der Waals surface area contributed by atoms with E-state index in [0.29, 0.717) is 11.1 Å². The van der Waals surface area contributed by atoms with Crippen LogP contribution < -0.4 is 11.3 Å². The normalized spacial score (nSPS) is 15.1. The van der Waals surface area contributed by atoms with Crippen molar-refractivity contribution >= 4 is 17.1 Å². The smallest absolute Gasteiger partial charge is 0.267 e. The van der Waals surface area contributed by atoms with E-state index in [4.69, 9.17) is 5.84 Å². The molecule has 0 atom stereocenters. The minimum atomic E-state index is -0.316. The highest BCUT2D eigenvalue weighted by molar-refractivity contribution is 6.04. The molecule has 1 aliphatic rings. The molecule has 0 radical (unpaired) electrons. The van der Waals surface area contributed by atoms with Gasteiger partial charge in [-0.05, 0) is 25.8 Å². The number of carbonyl (C=O) groups is 1. The lowest BCUT2D eigenvalue weighted by Gasteiger charge is -2.05. The van der Waals surface area contributed by atoms with Crippen LogP contribution in [-0.2, 0) is 13.0 Å². The van der Waals surface area contributed by atoms with E-state index in [1.807, 2.05) is 6.92 Å². The molecule has 0 saturated carbocycles. The third-order valence-corrected chi connectivity index (χ3v) is 3.57. The average molecular weight is 259 g/mol. The van der Waals surface area contributed by atoms with E-state index >= 15 is 0 Å². The van der Waals surface area contributed by atoms with Crippen molar-refractivity contribution in [1.82, 2.24) is 20.0 Å². The second kappa shape index (κ2) is 4.62. The molecule has 0 spiro atoms. The van der Waals surface area contributed by atoms with Gasteiger partial charge in [-0.25, -0.2) is 15.8 Å². The number of nitrogen functional groups attached to an aromatic ring is 1. The van der Waals surface area contributed by atoms with E-state index in [9.17, 15) is 4.79 Å². The molecule has 1 amide bonds. The fourth-order valence-electron chi connectivity index (χ4n) is 2.67. The Kier molecular flexibility index (Phi) is 2.94. The first kappa shape index (κ1) is 12.1. The number of nitrogens with one attached hydrogen (secondary N) is 1. The van der Waals surface area contributed by atoms with Crippen molar-refractivity contribution in [2.45, 2.75) is 39.2 Å². The first-order valence-corrected chi connectivity index (χ1v) is 6.58. The van der Waals surface area contributed by atoms with Gasteiger partial charge in [-0.3, -0.25) is 10.2 Å². The highest BCUT2D eigenvalue weighted by atomic mass is 16.2. The molecule has 19 heavy (non-hydrogen) atoms. The molecule has 0 saturated heterocycles. The molecule has 0 aromatic carbocycles. The number of rotatable bonds is 1. The molecular weight excluding hydrogens is 242 g/mol. The number of amides is 1. The summed E-state index contributed by atoms with van der Waals surface area (Å²) < 4.78 is 2.14. The molecule has 3 heterocycles. The number of nitrogens with two attached hydrogens (primary N) is 1. The first-order chi connectivity index (χ1) is 9.20. The van der Waals surface area contributed by atoms with Gasteiger partial charge in [0.2, 0.25) is 0 Å². The molecule has 100 valence electrons. The van der Waals surface area contributed by atoms with Crippen molar-refractivity contribution in [3.8, 4) is 0 Å². The highest BCUT2D eigenvalue weighted by Crippen LogP contribution is 2.23. The summed E-state index contributed by atoms with van der Waals surface area (Å²) in [6, 6.07) is 1.73. The standard InChI is InChI=1S/C13H17N5O/c1-8-7-9(13(19)17-14)11-12(15-8)18-6-4-2-3-5-10(18)16-11/h7H,2-6,14H2,1H3,(H,17,19). The molecule has 6 heteroatoms. The highest BCUT2D eigenvalue weighted by Gasteiger charge is 2.20. The van der Waals surface area contributed by atoms with Crippen LogP contribution in [0.3, 0.4) is 0 Å². The van der Waals surface area contributed by atoms with Crippen molar-refractivity contribution < 1.29 is 4.79 Å². The molecule has 0 fully saturated rings. The van der Waals surface area contributed by atoms with Crippen LogP contribution in [0.15, 0.2) is 6.07 Å². The van der Waals surface area contributed by atoms with Gasteiger partial charge in [0, 0.05) is 18.7 Å². The van der Waals surface area contributed by atoms with Gasteiger partial charge in [0.05, 0.1) is 5.56 Å². The third kappa shape index (κ3) is 1.98. The fourth-order valence-corrected chi connectivity index (χ4v) is 2.67. The monoisotopic (exact) mass is 259 g/mol. The van der Waals surface area contributed by atoms with Crippen LogP contribution in [0.4, 0.5) is 0 Å². The van der Waals surface area contributed by atoms with Crippen LogP contribution in [0.1, 0.15) is 41.1 Å². The van der Waals surface area contributed by atoms with E-state index < -0.39 is 0 Å². The molecule has 2 aromatic heterocycles. The number of hydrogen-bond acceptors (Lipinski definition) is 4. The van der Waals surface area contributed by atoms with Gasteiger partial charge in [-0.2, -0.15) is 0 Å². The minimum Gasteiger partial charge on any atom is -0.313 e. The molecule has 6 nitrogen and oxygen atoms in total. The van der Waals surface area contributed by atoms with Crippen LogP contribution in [-0.4, -0.2) is 20.4 Å². The Labute approximate surface area is 111 Å². The van der Waals surface area contributed by atoms with Gasteiger partial charge in [0.15, 0.2) is 5.65 Å². The quantitative estimate of drug-likeness (QED) is 0.455. The number of hydrogen-bond donors (Lipinski definition) is 2. The summed E-state index contributed by atoms with van der Waals surface area (Å²) in [6.45, 7) is 2.80. The van der Waals surface area contributed by atoms with Crippen molar-refractivity contribution in [2.75, 3.05) is 0 Å². The lowest BCUT2D eigenvalue weighted by molar-refractivity contribution is 0.0955. The molecule has 0 aliphatic carbocycles. The Balaban J connectivity index is 2.26. The van der Waals surface area contributed by atoms with Gasteiger partial charge < -0.3 is 4.57 Å². The van der Waals surface area contributed by atoms with Crippen molar-refractivity contribution in [3.05, 3.63) is 23.1 Å². The number of aryl methyl sites for hydroxylation is 3. The Morgan fingerprint density at radius 1 is 1.37 bits per heavy atom. The Bertz CT molecular complexity index is 646. The predicted octanol–water partition coefficient (Wildman–Crippen LogP) is 1.07. The maximum Gasteiger partial charge on any atom is 0.267 e. The Hall–Kier alpha value is -1.95. The summed E-state index contributed by atoms with van der Waals surface area (Å²) in [4.78, 5) is 21.0. The Morgan fingerprint density at radius 3 is 3.00 bits per heavy atom. The van der Waals surface area contributed by atoms with Crippen LogP contribution in [0.25, 0.3) is 11.2 Å². The van der Waals surface area contributed by atoms with Crippen molar-refractivity contribution in [1.29, 1.82) is 0 Å². The number of hydrazine groups is 1. The Morgan fingerprint density at radius 2 is 2.21 bits per heavy atom. The van der Waals surface area contributed by atoms with E-state index in [0.717, 1.165) is 43.0 Å². The predicted molar refractivity (Wildman–Crippen MR) is 71.5 cm³/mol. The van der Waals surface area contributed by atoms with Gasteiger partial charge in [0.1, 0.15) is 11.3 Å². The average Bonchev–Trinajstić information content (AvgIpc) is 2.61. The second-order valence-corrected chi connectivity index (χ2v) is 4.95. The summed E-state index contributed by atoms with van der Waals surface area (Å²) in [7, 11) is 0. The number of pyridine rings is 1. The van der Waals surface area contributed by atoms with Crippen LogP contribution in [0.2, 0.25) is 0 Å². The van der Waals surface area contributed by atoms with E-state index in [-0.39, 0.29) is 5.91 Å². The van der Waals surface area contributed by atoms with Gasteiger partial charge in [0.25, 0.3) is 5.91 Å². The number of nitrogens with zero attached hydrogens (tertiary/aromatic N) is 3. The first-order valence-electron chi connectivity index (χ1n) is 6.58. The maximum absolute atomic E-state index is 11.8. The summed E-state index contributed by atoms with van der Waals surface area (Å²) in [5.74, 6) is 5.95. The molecule has 0 bridgehead atoms. The lowest BCUT2D eigenvalue weighted by atomic mass is 10.2. The number of imidazole rings is 1.